The third-order valence-electron chi connectivity index (χ3n) is 3.25. The molecule has 1 N–H and O–H groups in total. The first-order chi connectivity index (χ1) is 7.22. The van der Waals surface area contributed by atoms with Gasteiger partial charge in [-0.1, -0.05) is 0 Å². The predicted molar refractivity (Wildman–Crippen MR) is 60.8 cm³/mol. The number of carbonyl (C=O) groups excluding carboxylic acids is 1. The van der Waals surface area contributed by atoms with E-state index >= 15 is 0 Å². The maximum atomic E-state index is 10.8. The van der Waals surface area contributed by atoms with Crippen molar-refractivity contribution in [1.29, 1.82) is 0 Å². The lowest BCUT2D eigenvalue weighted by atomic mass is 9.94. The summed E-state index contributed by atoms with van der Waals surface area (Å²) in [6, 6.07) is 0. The van der Waals surface area contributed by atoms with Crippen molar-refractivity contribution >= 4 is 5.78 Å². The molecule has 0 unspecified atom stereocenters. The Morgan fingerprint density at radius 3 is 2.60 bits per heavy atom. The quantitative estimate of drug-likeness (QED) is 0.726. The van der Waals surface area contributed by atoms with E-state index in [1.165, 1.54) is 12.8 Å². The molecule has 1 heterocycles. The fourth-order valence-electron chi connectivity index (χ4n) is 2.23. The normalized spacial score (nSPS) is 19.3. The molecule has 0 aromatic heterocycles. The van der Waals surface area contributed by atoms with Crippen molar-refractivity contribution in [3.8, 4) is 0 Å². The van der Waals surface area contributed by atoms with Crippen molar-refractivity contribution in [3.05, 3.63) is 0 Å². The van der Waals surface area contributed by atoms with Crippen molar-refractivity contribution in [2.24, 2.45) is 5.92 Å². The SMILES string of the molecule is CC(=O)CCCN1CCC(CCO)CC1. The third kappa shape index (κ3) is 5.28. The Morgan fingerprint density at radius 1 is 1.40 bits per heavy atom. The van der Waals surface area contributed by atoms with Gasteiger partial charge in [-0.2, -0.15) is 0 Å². The monoisotopic (exact) mass is 213 g/mol. The van der Waals surface area contributed by atoms with Crippen LogP contribution in [0.3, 0.4) is 0 Å². The molecule has 0 saturated carbocycles. The van der Waals surface area contributed by atoms with E-state index in [0.29, 0.717) is 12.4 Å². The van der Waals surface area contributed by atoms with Crippen LogP contribution in [-0.4, -0.2) is 42.0 Å². The maximum Gasteiger partial charge on any atom is 0.129 e. The largest absolute Gasteiger partial charge is 0.396 e. The molecule has 1 saturated heterocycles. The summed E-state index contributed by atoms with van der Waals surface area (Å²) >= 11 is 0. The van der Waals surface area contributed by atoms with Gasteiger partial charge >= 0.3 is 0 Å². The first-order valence-corrected chi connectivity index (χ1v) is 6.05. The lowest BCUT2D eigenvalue weighted by Crippen LogP contribution is -2.34. The lowest BCUT2D eigenvalue weighted by molar-refractivity contribution is -0.117. The van der Waals surface area contributed by atoms with E-state index in [1.54, 1.807) is 6.92 Å². The van der Waals surface area contributed by atoms with Crippen LogP contribution in [0.4, 0.5) is 0 Å². The number of Topliss-reactive ketones (excluding diaryl/α,β-unsaturated/α-hetero) is 1. The number of likely N-dealkylation sites (tertiary alicyclic amines) is 1. The molecule has 0 bridgehead atoms. The number of aliphatic hydroxyl groups excluding tert-OH is 1. The molecule has 88 valence electrons. The van der Waals surface area contributed by atoms with Crippen molar-refractivity contribution in [1.82, 2.24) is 4.90 Å². The van der Waals surface area contributed by atoms with E-state index in [-0.39, 0.29) is 0 Å². The summed E-state index contributed by atoms with van der Waals surface area (Å²) < 4.78 is 0. The molecule has 0 amide bonds. The van der Waals surface area contributed by atoms with Gasteiger partial charge in [0.25, 0.3) is 0 Å². The number of rotatable bonds is 6. The third-order valence-corrected chi connectivity index (χ3v) is 3.25. The molecule has 0 atom stereocenters. The molecule has 0 aliphatic carbocycles. The van der Waals surface area contributed by atoms with Crippen LogP contribution in [0, 0.1) is 5.92 Å². The molecule has 1 rings (SSSR count). The topological polar surface area (TPSA) is 40.5 Å². The van der Waals surface area contributed by atoms with Gasteiger partial charge in [-0.05, 0) is 58.2 Å². The van der Waals surface area contributed by atoms with Crippen LogP contribution in [0.5, 0.6) is 0 Å². The molecular formula is C12H23NO2. The van der Waals surface area contributed by atoms with E-state index < -0.39 is 0 Å². The number of piperidine rings is 1. The fraction of sp³-hybridized carbons (Fsp3) is 0.917. The average Bonchev–Trinajstić information content (AvgIpc) is 2.20. The molecule has 0 spiro atoms. The zero-order chi connectivity index (χ0) is 11.1. The summed E-state index contributed by atoms with van der Waals surface area (Å²) in [5.74, 6) is 1.02. The van der Waals surface area contributed by atoms with E-state index in [2.05, 4.69) is 4.90 Å². The highest BCUT2D eigenvalue weighted by Crippen LogP contribution is 2.20. The van der Waals surface area contributed by atoms with Crippen LogP contribution in [0.2, 0.25) is 0 Å². The number of nitrogens with zero attached hydrogens (tertiary/aromatic N) is 1. The van der Waals surface area contributed by atoms with E-state index in [4.69, 9.17) is 5.11 Å². The Bertz CT molecular complexity index is 186. The molecule has 1 fully saturated rings. The summed E-state index contributed by atoms with van der Waals surface area (Å²) in [7, 11) is 0. The number of hydrogen-bond acceptors (Lipinski definition) is 3. The smallest absolute Gasteiger partial charge is 0.129 e. The highest BCUT2D eigenvalue weighted by Gasteiger charge is 2.17. The summed E-state index contributed by atoms with van der Waals surface area (Å²) in [4.78, 5) is 13.2. The number of aliphatic hydroxyl groups is 1. The highest BCUT2D eigenvalue weighted by atomic mass is 16.3. The van der Waals surface area contributed by atoms with Crippen LogP contribution >= 0.6 is 0 Å². The van der Waals surface area contributed by atoms with Crippen molar-refractivity contribution in [2.45, 2.75) is 39.0 Å². The second-order valence-corrected chi connectivity index (χ2v) is 4.60. The van der Waals surface area contributed by atoms with Gasteiger partial charge < -0.3 is 14.8 Å². The van der Waals surface area contributed by atoms with Crippen molar-refractivity contribution in [3.63, 3.8) is 0 Å². The molecular weight excluding hydrogens is 190 g/mol. The van der Waals surface area contributed by atoms with E-state index in [9.17, 15) is 4.79 Å². The lowest BCUT2D eigenvalue weighted by Gasteiger charge is -2.31. The minimum absolute atomic E-state index is 0.296. The van der Waals surface area contributed by atoms with Gasteiger partial charge in [0, 0.05) is 13.0 Å². The molecule has 1 aliphatic rings. The summed E-state index contributed by atoms with van der Waals surface area (Å²) in [5, 5.41) is 8.84. The Labute approximate surface area is 92.5 Å². The minimum Gasteiger partial charge on any atom is -0.396 e. The Balaban J connectivity index is 2.06. The summed E-state index contributed by atoms with van der Waals surface area (Å²) in [6.45, 7) is 5.33. The molecule has 3 heteroatoms. The Kier molecular flexibility index (Phi) is 5.88. The van der Waals surface area contributed by atoms with Gasteiger partial charge in [0.15, 0.2) is 0 Å². The predicted octanol–water partition coefficient (Wildman–Crippen LogP) is 1.45. The van der Waals surface area contributed by atoms with E-state index in [1.807, 2.05) is 0 Å². The van der Waals surface area contributed by atoms with Gasteiger partial charge in [-0.25, -0.2) is 0 Å². The Hall–Kier alpha value is -0.410. The van der Waals surface area contributed by atoms with Crippen molar-refractivity contribution < 1.29 is 9.90 Å². The van der Waals surface area contributed by atoms with Crippen LogP contribution in [0.15, 0.2) is 0 Å². The zero-order valence-electron chi connectivity index (χ0n) is 9.74. The zero-order valence-corrected chi connectivity index (χ0v) is 9.74. The molecule has 0 aromatic carbocycles. The highest BCUT2D eigenvalue weighted by molar-refractivity contribution is 5.75. The van der Waals surface area contributed by atoms with Crippen LogP contribution < -0.4 is 0 Å². The van der Waals surface area contributed by atoms with Crippen LogP contribution in [-0.2, 0) is 4.79 Å². The first kappa shape index (κ1) is 12.7. The van der Waals surface area contributed by atoms with Crippen LogP contribution in [0.1, 0.15) is 39.0 Å². The van der Waals surface area contributed by atoms with Gasteiger partial charge in [0.2, 0.25) is 0 Å². The average molecular weight is 213 g/mol. The molecule has 3 nitrogen and oxygen atoms in total. The second kappa shape index (κ2) is 6.96. The Morgan fingerprint density at radius 2 is 2.07 bits per heavy atom. The molecule has 15 heavy (non-hydrogen) atoms. The molecule has 0 aromatic rings. The van der Waals surface area contributed by atoms with Gasteiger partial charge in [-0.3, -0.25) is 0 Å². The fourth-order valence-corrected chi connectivity index (χ4v) is 2.23. The standard InChI is InChI=1S/C12H23NO2/c1-11(15)3-2-7-13-8-4-12(5-9-13)6-10-14/h12,14H,2-10H2,1H3. The molecule has 1 aliphatic heterocycles. The first-order valence-electron chi connectivity index (χ1n) is 6.05. The summed E-state index contributed by atoms with van der Waals surface area (Å²) in [6.07, 6.45) is 5.10. The number of carbonyl (C=O) groups is 1. The number of ketones is 1. The van der Waals surface area contributed by atoms with Gasteiger partial charge in [-0.15, -0.1) is 0 Å². The minimum atomic E-state index is 0.296. The number of hydrogen-bond donors (Lipinski definition) is 1. The molecule has 0 radical (unpaired) electrons. The summed E-state index contributed by atoms with van der Waals surface area (Å²) in [5.41, 5.74) is 0. The maximum absolute atomic E-state index is 10.8. The van der Waals surface area contributed by atoms with Gasteiger partial charge in [0.1, 0.15) is 5.78 Å². The second-order valence-electron chi connectivity index (χ2n) is 4.60. The van der Waals surface area contributed by atoms with Crippen LogP contribution in [0.25, 0.3) is 0 Å². The van der Waals surface area contributed by atoms with Gasteiger partial charge in [0.05, 0.1) is 0 Å². The van der Waals surface area contributed by atoms with E-state index in [0.717, 1.165) is 44.8 Å². The van der Waals surface area contributed by atoms with Crippen molar-refractivity contribution in [2.75, 3.05) is 26.2 Å².